The SMILES string of the molecule is C=C(Nc1ccccn1)c1ccc(C(=N)c2c(N)ncc(C/C=C/CCCCNC3CCCCC3)c2N)cc1. The summed E-state index contributed by atoms with van der Waals surface area (Å²) in [5, 5.41) is 15.7. The molecule has 204 valence electrons. The third kappa shape index (κ3) is 8.01. The standard InChI is InChI=1S/C32H41N7/c1-23(39-28-15-9-11-21-37-28)24-16-18-25(19-17-24)30(33)29-31(34)26(22-38-32(29)35)12-6-3-2-4-10-20-36-27-13-7-5-8-14-27/h3,6,9,11,15-19,21-22,27,33,36H,1-2,4-5,7-8,10,12-14,20H2,(H,37,39)(H4,34,35,38)/b6-3+,33-30?. The molecule has 1 aliphatic carbocycles. The number of rotatable bonds is 13. The Balaban J connectivity index is 1.29. The van der Waals surface area contributed by atoms with E-state index < -0.39 is 0 Å². The van der Waals surface area contributed by atoms with Crippen molar-refractivity contribution >= 4 is 28.7 Å². The molecule has 4 rings (SSSR count). The lowest BCUT2D eigenvalue weighted by atomic mass is 9.95. The third-order valence-electron chi connectivity index (χ3n) is 7.29. The minimum absolute atomic E-state index is 0.253. The second kappa shape index (κ2) is 14.3. The molecule has 1 saturated carbocycles. The molecule has 0 aliphatic heterocycles. The maximum absolute atomic E-state index is 8.82. The molecule has 2 aromatic heterocycles. The van der Waals surface area contributed by atoms with Gasteiger partial charge in [0.1, 0.15) is 11.6 Å². The lowest BCUT2D eigenvalue weighted by Crippen LogP contribution is -2.31. The van der Waals surface area contributed by atoms with Crippen molar-refractivity contribution in [3.63, 3.8) is 0 Å². The van der Waals surface area contributed by atoms with Gasteiger partial charge in [-0.2, -0.15) is 0 Å². The monoisotopic (exact) mass is 523 g/mol. The molecular formula is C32H41N7. The quantitative estimate of drug-likeness (QED) is 0.101. The van der Waals surface area contributed by atoms with Gasteiger partial charge < -0.3 is 22.1 Å². The predicted molar refractivity (Wildman–Crippen MR) is 164 cm³/mol. The van der Waals surface area contributed by atoms with Crippen LogP contribution >= 0.6 is 0 Å². The van der Waals surface area contributed by atoms with Gasteiger partial charge in [0.15, 0.2) is 0 Å². The molecule has 0 amide bonds. The van der Waals surface area contributed by atoms with Crippen LogP contribution in [0.3, 0.4) is 0 Å². The van der Waals surface area contributed by atoms with Crippen molar-refractivity contribution in [3.05, 3.63) is 95.8 Å². The molecule has 1 fully saturated rings. The van der Waals surface area contributed by atoms with Gasteiger partial charge in [-0.05, 0) is 68.3 Å². The maximum Gasteiger partial charge on any atom is 0.134 e. The summed E-state index contributed by atoms with van der Waals surface area (Å²) in [5.74, 6) is 0.990. The average molecular weight is 524 g/mol. The van der Waals surface area contributed by atoms with E-state index in [4.69, 9.17) is 16.9 Å². The Morgan fingerprint density at radius 2 is 1.74 bits per heavy atom. The largest absolute Gasteiger partial charge is 0.398 e. The van der Waals surface area contributed by atoms with Crippen molar-refractivity contribution in [3.8, 4) is 0 Å². The van der Waals surface area contributed by atoms with Crippen molar-refractivity contribution in [2.45, 2.75) is 63.8 Å². The molecule has 0 radical (unpaired) electrons. The number of hydrogen-bond acceptors (Lipinski definition) is 7. The van der Waals surface area contributed by atoms with Crippen molar-refractivity contribution in [1.82, 2.24) is 15.3 Å². The second-order valence-electron chi connectivity index (χ2n) is 10.2. The van der Waals surface area contributed by atoms with Gasteiger partial charge in [0.05, 0.1) is 11.3 Å². The highest BCUT2D eigenvalue weighted by Crippen LogP contribution is 2.26. The van der Waals surface area contributed by atoms with E-state index in [-0.39, 0.29) is 11.5 Å². The molecule has 1 aliphatic rings. The molecule has 0 bridgehead atoms. The highest BCUT2D eigenvalue weighted by atomic mass is 15.0. The minimum Gasteiger partial charge on any atom is -0.398 e. The number of nitrogens with zero attached hydrogens (tertiary/aromatic N) is 2. The van der Waals surface area contributed by atoms with E-state index in [2.05, 4.69) is 39.3 Å². The summed E-state index contributed by atoms with van der Waals surface area (Å²) in [7, 11) is 0. The number of allylic oxidation sites excluding steroid dienone is 2. The van der Waals surface area contributed by atoms with Gasteiger partial charge in [0.2, 0.25) is 0 Å². The van der Waals surface area contributed by atoms with Gasteiger partial charge in [-0.3, -0.25) is 5.41 Å². The molecule has 3 aromatic rings. The molecule has 0 unspecified atom stereocenters. The van der Waals surface area contributed by atoms with Crippen LogP contribution in [0.15, 0.2) is 73.6 Å². The fraction of sp³-hybridized carbons (Fsp3) is 0.344. The first-order valence-corrected chi connectivity index (χ1v) is 14.0. The Morgan fingerprint density at radius 1 is 0.974 bits per heavy atom. The molecule has 7 heteroatoms. The second-order valence-corrected chi connectivity index (χ2v) is 10.2. The molecule has 2 heterocycles. The molecule has 1 aromatic carbocycles. The summed E-state index contributed by atoms with van der Waals surface area (Å²) < 4.78 is 0. The number of aromatic nitrogens is 2. The van der Waals surface area contributed by atoms with Crippen molar-refractivity contribution in [2.24, 2.45) is 0 Å². The summed E-state index contributed by atoms with van der Waals surface area (Å²) in [4.78, 5) is 8.61. The summed E-state index contributed by atoms with van der Waals surface area (Å²) in [6, 6.07) is 14.0. The Morgan fingerprint density at radius 3 is 2.49 bits per heavy atom. The van der Waals surface area contributed by atoms with E-state index in [9.17, 15) is 0 Å². The highest BCUT2D eigenvalue weighted by Gasteiger charge is 2.16. The van der Waals surface area contributed by atoms with Gasteiger partial charge in [0.25, 0.3) is 0 Å². The van der Waals surface area contributed by atoms with Crippen LogP contribution in [-0.2, 0) is 6.42 Å². The number of unbranched alkanes of at least 4 members (excludes halogenated alkanes) is 2. The van der Waals surface area contributed by atoms with E-state index in [1.54, 1.807) is 12.4 Å². The smallest absolute Gasteiger partial charge is 0.134 e. The van der Waals surface area contributed by atoms with Crippen LogP contribution in [0.1, 0.15) is 73.6 Å². The lowest BCUT2D eigenvalue weighted by Gasteiger charge is -2.22. The van der Waals surface area contributed by atoms with E-state index in [1.807, 2.05) is 42.5 Å². The van der Waals surface area contributed by atoms with E-state index in [1.165, 1.54) is 44.9 Å². The van der Waals surface area contributed by atoms with Crippen LogP contribution in [0.4, 0.5) is 17.3 Å². The number of anilines is 3. The van der Waals surface area contributed by atoms with Crippen LogP contribution in [0, 0.1) is 5.41 Å². The Kier molecular flexibility index (Phi) is 10.3. The summed E-state index contributed by atoms with van der Waals surface area (Å²) in [6.07, 6.45) is 18.7. The summed E-state index contributed by atoms with van der Waals surface area (Å²) in [6.45, 7) is 5.21. The zero-order valence-electron chi connectivity index (χ0n) is 22.8. The zero-order chi connectivity index (χ0) is 27.5. The van der Waals surface area contributed by atoms with Crippen LogP contribution in [-0.4, -0.2) is 28.3 Å². The van der Waals surface area contributed by atoms with Gasteiger partial charge in [-0.15, -0.1) is 0 Å². The third-order valence-corrected chi connectivity index (χ3v) is 7.29. The zero-order valence-corrected chi connectivity index (χ0v) is 22.8. The minimum atomic E-state index is 0.253. The first-order valence-electron chi connectivity index (χ1n) is 14.0. The molecule has 0 saturated heterocycles. The molecule has 7 nitrogen and oxygen atoms in total. The normalized spacial score (nSPS) is 13.9. The molecule has 7 N–H and O–H groups in total. The number of nitrogens with two attached hydrogens (primary N) is 2. The van der Waals surface area contributed by atoms with Crippen LogP contribution in [0.2, 0.25) is 0 Å². The molecule has 0 atom stereocenters. The van der Waals surface area contributed by atoms with Gasteiger partial charge in [0, 0.05) is 35.4 Å². The average Bonchev–Trinajstić information content (AvgIpc) is 2.96. The summed E-state index contributed by atoms with van der Waals surface area (Å²) >= 11 is 0. The Labute approximate surface area is 232 Å². The van der Waals surface area contributed by atoms with Crippen LogP contribution in [0.25, 0.3) is 5.70 Å². The maximum atomic E-state index is 8.82. The number of nitrogen functional groups attached to an aromatic ring is 2. The summed E-state index contributed by atoms with van der Waals surface area (Å²) in [5.41, 5.74) is 17.1. The predicted octanol–water partition coefficient (Wildman–Crippen LogP) is 6.33. The van der Waals surface area contributed by atoms with E-state index in [0.717, 1.165) is 41.6 Å². The van der Waals surface area contributed by atoms with Gasteiger partial charge in [-0.25, -0.2) is 9.97 Å². The number of benzene rings is 1. The van der Waals surface area contributed by atoms with Crippen LogP contribution < -0.4 is 22.1 Å². The van der Waals surface area contributed by atoms with E-state index in [0.29, 0.717) is 23.2 Å². The highest BCUT2D eigenvalue weighted by molar-refractivity contribution is 6.16. The van der Waals surface area contributed by atoms with Gasteiger partial charge in [-0.1, -0.05) is 68.3 Å². The molecular weight excluding hydrogens is 482 g/mol. The van der Waals surface area contributed by atoms with Crippen LogP contribution in [0.5, 0.6) is 0 Å². The van der Waals surface area contributed by atoms with Crippen molar-refractivity contribution in [1.29, 1.82) is 5.41 Å². The van der Waals surface area contributed by atoms with Crippen molar-refractivity contribution in [2.75, 3.05) is 23.3 Å². The first kappa shape index (κ1) is 28.0. The molecule has 39 heavy (non-hydrogen) atoms. The number of nitrogens with one attached hydrogen (secondary N) is 3. The fourth-order valence-corrected chi connectivity index (χ4v) is 4.98. The topological polar surface area (TPSA) is 126 Å². The van der Waals surface area contributed by atoms with Gasteiger partial charge >= 0.3 is 0 Å². The van der Waals surface area contributed by atoms with E-state index >= 15 is 0 Å². The Hall–Kier alpha value is -3.97. The van der Waals surface area contributed by atoms with Crippen molar-refractivity contribution < 1.29 is 0 Å². The first-order chi connectivity index (χ1) is 19.0. The molecule has 0 spiro atoms. The number of hydrogen-bond donors (Lipinski definition) is 5. The number of pyridine rings is 2. The fourth-order valence-electron chi connectivity index (χ4n) is 4.98. The Bertz CT molecular complexity index is 1260. The lowest BCUT2D eigenvalue weighted by molar-refractivity contribution is 0.371.